The van der Waals surface area contributed by atoms with E-state index < -0.39 is 28.5 Å². The molecule has 0 radical (unpaired) electrons. The highest BCUT2D eigenvalue weighted by Crippen LogP contribution is 2.27. The fourth-order valence-corrected chi connectivity index (χ4v) is 5.83. The summed E-state index contributed by atoms with van der Waals surface area (Å²) in [7, 11) is -4.12. The van der Waals surface area contributed by atoms with Crippen molar-refractivity contribution in [1.29, 1.82) is 0 Å². The van der Waals surface area contributed by atoms with Crippen LogP contribution in [-0.2, 0) is 26.2 Å². The molecular formula is C30H35Cl2N3O4S. The monoisotopic (exact) mass is 603 g/mol. The van der Waals surface area contributed by atoms with Gasteiger partial charge in [-0.3, -0.25) is 13.9 Å². The van der Waals surface area contributed by atoms with Gasteiger partial charge in [-0.25, -0.2) is 8.42 Å². The van der Waals surface area contributed by atoms with Crippen LogP contribution in [-0.4, -0.2) is 44.3 Å². The van der Waals surface area contributed by atoms with E-state index in [1.54, 1.807) is 55.5 Å². The van der Waals surface area contributed by atoms with Crippen molar-refractivity contribution in [2.24, 2.45) is 0 Å². The van der Waals surface area contributed by atoms with Gasteiger partial charge in [0, 0.05) is 13.1 Å². The van der Waals surface area contributed by atoms with Gasteiger partial charge in [0.2, 0.25) is 11.8 Å². The summed E-state index contributed by atoms with van der Waals surface area (Å²) in [5.74, 6) is -0.869. The lowest BCUT2D eigenvalue weighted by Crippen LogP contribution is -2.51. The molecule has 0 saturated carbocycles. The van der Waals surface area contributed by atoms with Crippen LogP contribution in [0.4, 0.5) is 5.69 Å². The Hall–Kier alpha value is -3.07. The Balaban J connectivity index is 2.01. The van der Waals surface area contributed by atoms with Gasteiger partial charge < -0.3 is 10.2 Å². The smallest absolute Gasteiger partial charge is 0.264 e. The van der Waals surface area contributed by atoms with Gasteiger partial charge in [-0.15, -0.1) is 0 Å². The molecule has 3 aromatic carbocycles. The van der Waals surface area contributed by atoms with E-state index in [2.05, 4.69) is 5.32 Å². The van der Waals surface area contributed by atoms with Crippen molar-refractivity contribution in [3.8, 4) is 0 Å². The minimum absolute atomic E-state index is 0.0321. The van der Waals surface area contributed by atoms with Gasteiger partial charge in [0.25, 0.3) is 10.0 Å². The molecule has 0 unspecified atom stereocenters. The van der Waals surface area contributed by atoms with E-state index >= 15 is 0 Å². The van der Waals surface area contributed by atoms with Crippen LogP contribution >= 0.6 is 23.2 Å². The number of carbonyl (C=O) groups excluding carboxylic acids is 2. The summed E-state index contributed by atoms with van der Waals surface area (Å²) in [5.41, 5.74) is 2.75. The third-order valence-electron chi connectivity index (χ3n) is 6.51. The highest BCUT2D eigenvalue weighted by atomic mass is 35.5. The summed E-state index contributed by atoms with van der Waals surface area (Å²) in [6.07, 6.45) is 1.71. The standard InChI is InChI=1S/C30H35Cl2N3O4S/c1-5-6-16-33-30(37)23(4)34(19-24-12-15-27(31)28(32)18-24)29(36)20-35(25-9-7-8-22(3)17-25)40(38,39)26-13-10-21(2)11-14-26/h7-15,17-18,23H,5-6,16,19-20H2,1-4H3,(H,33,37)/t23-/m0/s1. The van der Waals surface area contributed by atoms with Crippen molar-refractivity contribution in [1.82, 2.24) is 10.2 Å². The average molecular weight is 605 g/mol. The Morgan fingerprint density at radius 1 is 0.925 bits per heavy atom. The summed E-state index contributed by atoms with van der Waals surface area (Å²) in [5, 5.41) is 3.55. The quantitative estimate of drug-likeness (QED) is 0.252. The van der Waals surface area contributed by atoms with E-state index in [9.17, 15) is 18.0 Å². The number of nitrogens with one attached hydrogen (secondary N) is 1. The summed E-state index contributed by atoms with van der Waals surface area (Å²) >= 11 is 12.3. The number of carbonyl (C=O) groups is 2. The van der Waals surface area contributed by atoms with Gasteiger partial charge in [0.05, 0.1) is 20.6 Å². The minimum Gasteiger partial charge on any atom is -0.354 e. The third-order valence-corrected chi connectivity index (χ3v) is 9.04. The molecule has 1 N–H and O–H groups in total. The lowest BCUT2D eigenvalue weighted by molar-refractivity contribution is -0.139. The average Bonchev–Trinajstić information content (AvgIpc) is 2.92. The highest BCUT2D eigenvalue weighted by Gasteiger charge is 2.32. The maximum Gasteiger partial charge on any atom is 0.264 e. The second kappa shape index (κ2) is 14.0. The van der Waals surface area contributed by atoms with E-state index in [4.69, 9.17) is 23.2 Å². The lowest BCUT2D eigenvalue weighted by atomic mass is 10.1. The molecule has 0 aliphatic heterocycles. The Bertz CT molecular complexity index is 1450. The van der Waals surface area contributed by atoms with Crippen LogP contribution in [0, 0.1) is 13.8 Å². The summed E-state index contributed by atoms with van der Waals surface area (Å²) in [4.78, 5) is 28.4. The van der Waals surface area contributed by atoms with Gasteiger partial charge in [0.15, 0.2) is 0 Å². The Kier molecular flexibility index (Phi) is 11.0. The Labute approximate surface area is 247 Å². The number of hydrogen-bond donors (Lipinski definition) is 1. The molecule has 214 valence electrons. The number of sulfonamides is 1. The van der Waals surface area contributed by atoms with Crippen LogP contribution in [0.25, 0.3) is 0 Å². The van der Waals surface area contributed by atoms with Gasteiger partial charge in [0.1, 0.15) is 12.6 Å². The van der Waals surface area contributed by atoms with Gasteiger partial charge in [-0.2, -0.15) is 0 Å². The van der Waals surface area contributed by atoms with Crippen molar-refractivity contribution in [2.75, 3.05) is 17.4 Å². The van der Waals surface area contributed by atoms with Crippen molar-refractivity contribution in [3.05, 3.63) is 93.5 Å². The number of halogens is 2. The van der Waals surface area contributed by atoms with Crippen LogP contribution in [0.5, 0.6) is 0 Å². The highest BCUT2D eigenvalue weighted by molar-refractivity contribution is 7.92. The molecule has 0 spiro atoms. The molecule has 0 aliphatic carbocycles. The Morgan fingerprint density at radius 3 is 2.25 bits per heavy atom. The van der Waals surface area contributed by atoms with Gasteiger partial charge in [-0.05, 0) is 74.7 Å². The van der Waals surface area contributed by atoms with Crippen molar-refractivity contribution in [2.45, 2.75) is 58.0 Å². The second-order valence-corrected chi connectivity index (χ2v) is 12.4. The number of amides is 2. The zero-order chi connectivity index (χ0) is 29.4. The first-order valence-electron chi connectivity index (χ1n) is 13.1. The largest absolute Gasteiger partial charge is 0.354 e. The summed E-state index contributed by atoms with van der Waals surface area (Å²) in [6.45, 7) is 7.36. The first-order valence-corrected chi connectivity index (χ1v) is 15.3. The number of hydrogen-bond acceptors (Lipinski definition) is 4. The van der Waals surface area contributed by atoms with Crippen LogP contribution in [0.1, 0.15) is 43.4 Å². The van der Waals surface area contributed by atoms with Crippen LogP contribution in [0.2, 0.25) is 10.0 Å². The Morgan fingerprint density at radius 2 is 1.62 bits per heavy atom. The second-order valence-electron chi connectivity index (χ2n) is 9.75. The first-order chi connectivity index (χ1) is 18.9. The van der Waals surface area contributed by atoms with Gasteiger partial charge >= 0.3 is 0 Å². The molecule has 0 heterocycles. The number of unbranched alkanes of at least 4 members (excludes halogenated alkanes) is 1. The normalized spacial score (nSPS) is 12.1. The number of aryl methyl sites for hydroxylation is 2. The van der Waals surface area contributed by atoms with Crippen molar-refractivity contribution >= 4 is 50.7 Å². The molecule has 0 aromatic heterocycles. The SMILES string of the molecule is CCCCNC(=O)[C@H](C)N(Cc1ccc(Cl)c(Cl)c1)C(=O)CN(c1cccc(C)c1)S(=O)(=O)c1ccc(C)cc1. The van der Waals surface area contributed by atoms with Crippen molar-refractivity contribution in [3.63, 3.8) is 0 Å². The van der Waals surface area contributed by atoms with Crippen LogP contribution in [0.15, 0.2) is 71.6 Å². The molecule has 3 rings (SSSR count). The molecular weight excluding hydrogens is 569 g/mol. The third kappa shape index (κ3) is 7.99. The van der Waals surface area contributed by atoms with Gasteiger partial charge in [-0.1, -0.05) is 72.4 Å². The minimum atomic E-state index is -4.12. The molecule has 1 atom stereocenters. The fraction of sp³-hybridized carbons (Fsp3) is 0.333. The van der Waals surface area contributed by atoms with Crippen molar-refractivity contribution < 1.29 is 18.0 Å². The van der Waals surface area contributed by atoms with E-state index in [-0.39, 0.29) is 17.3 Å². The molecule has 0 aliphatic rings. The lowest BCUT2D eigenvalue weighted by Gasteiger charge is -2.32. The van der Waals surface area contributed by atoms with E-state index in [1.807, 2.05) is 26.8 Å². The number of rotatable bonds is 12. The molecule has 40 heavy (non-hydrogen) atoms. The van der Waals surface area contributed by atoms with E-state index in [0.29, 0.717) is 27.8 Å². The fourth-order valence-electron chi connectivity index (χ4n) is 4.10. The van der Waals surface area contributed by atoms with Crippen LogP contribution in [0.3, 0.4) is 0 Å². The molecule has 3 aromatic rings. The molecule has 0 fully saturated rings. The molecule has 2 amide bonds. The predicted molar refractivity (Wildman–Crippen MR) is 161 cm³/mol. The maximum absolute atomic E-state index is 14.0. The molecule has 7 nitrogen and oxygen atoms in total. The van der Waals surface area contributed by atoms with E-state index in [1.165, 1.54) is 17.0 Å². The molecule has 0 saturated heterocycles. The predicted octanol–water partition coefficient (Wildman–Crippen LogP) is 6.14. The van der Waals surface area contributed by atoms with E-state index in [0.717, 1.165) is 28.3 Å². The zero-order valence-corrected chi connectivity index (χ0v) is 25.5. The summed E-state index contributed by atoms with van der Waals surface area (Å²) < 4.78 is 28.8. The molecule has 0 bridgehead atoms. The van der Waals surface area contributed by atoms with Crippen LogP contribution < -0.4 is 9.62 Å². The summed E-state index contributed by atoms with van der Waals surface area (Å²) in [6, 6.07) is 17.5. The number of benzene rings is 3. The maximum atomic E-state index is 14.0. The topological polar surface area (TPSA) is 86.8 Å². The number of anilines is 1. The number of nitrogens with zero attached hydrogens (tertiary/aromatic N) is 2. The zero-order valence-electron chi connectivity index (χ0n) is 23.2. The first kappa shape index (κ1) is 31.5. The molecule has 10 heteroatoms.